The molecule has 0 saturated carbocycles. The monoisotopic (exact) mass is 389 g/mol. The summed E-state index contributed by atoms with van der Waals surface area (Å²) in [7, 11) is 0. The second kappa shape index (κ2) is 9.53. The summed E-state index contributed by atoms with van der Waals surface area (Å²) in [6, 6.07) is 39.6. The topological polar surface area (TPSA) is 29.1 Å². The van der Waals surface area contributed by atoms with Gasteiger partial charge in [0.2, 0.25) is 0 Å². The number of rotatable bonds is 6. The van der Waals surface area contributed by atoms with Gasteiger partial charge in [-0.25, -0.2) is 0 Å². The van der Waals surface area contributed by atoms with E-state index in [0.717, 1.165) is 22.3 Å². The summed E-state index contributed by atoms with van der Waals surface area (Å²) in [5.74, 6) is -0.109. The van der Waals surface area contributed by atoms with Crippen molar-refractivity contribution >= 4 is 17.6 Å². The minimum Gasteiger partial charge on any atom is -0.341 e. The first-order chi connectivity index (χ1) is 14.8. The number of nitrogens with one attached hydrogen (secondary N) is 1. The van der Waals surface area contributed by atoms with Gasteiger partial charge < -0.3 is 5.32 Å². The Morgan fingerprint density at radius 3 is 1.53 bits per heavy atom. The van der Waals surface area contributed by atoms with Crippen LogP contribution in [-0.4, -0.2) is 5.91 Å². The van der Waals surface area contributed by atoms with Gasteiger partial charge in [0.25, 0.3) is 5.91 Å². The van der Waals surface area contributed by atoms with Gasteiger partial charge in [0.15, 0.2) is 0 Å². The fraction of sp³-hybridized carbons (Fsp3) is 0.0357. The molecule has 4 rings (SSSR count). The first kappa shape index (κ1) is 19.4. The maximum absolute atomic E-state index is 13.5. The molecule has 4 aromatic carbocycles. The minimum absolute atomic E-state index is 0.109. The van der Waals surface area contributed by atoms with Crippen molar-refractivity contribution in [2.75, 3.05) is 0 Å². The lowest BCUT2D eigenvalue weighted by Crippen LogP contribution is -2.30. The van der Waals surface area contributed by atoms with E-state index in [-0.39, 0.29) is 11.9 Å². The maximum atomic E-state index is 13.5. The van der Waals surface area contributed by atoms with E-state index in [2.05, 4.69) is 5.32 Å². The predicted octanol–water partition coefficient (Wildman–Crippen LogP) is 6.13. The molecule has 2 heteroatoms. The Labute approximate surface area is 177 Å². The quantitative estimate of drug-likeness (QED) is 0.312. The Balaban J connectivity index is 1.72. The largest absolute Gasteiger partial charge is 0.341 e. The number of hydrogen-bond acceptors (Lipinski definition) is 1. The molecule has 0 unspecified atom stereocenters. The van der Waals surface area contributed by atoms with E-state index in [1.165, 1.54) is 0 Å². The number of carbonyl (C=O) groups excluding carboxylic acids is 1. The molecular weight excluding hydrogens is 366 g/mol. The van der Waals surface area contributed by atoms with Gasteiger partial charge in [-0.3, -0.25) is 4.79 Å². The van der Waals surface area contributed by atoms with Crippen LogP contribution in [0.3, 0.4) is 0 Å². The molecule has 1 amide bonds. The summed E-state index contributed by atoms with van der Waals surface area (Å²) in [5, 5.41) is 3.26. The predicted molar refractivity (Wildman–Crippen MR) is 124 cm³/mol. The van der Waals surface area contributed by atoms with Crippen LogP contribution >= 0.6 is 0 Å². The van der Waals surface area contributed by atoms with Crippen LogP contribution in [0.5, 0.6) is 0 Å². The van der Waals surface area contributed by atoms with Gasteiger partial charge in [0.1, 0.15) is 0 Å². The molecule has 1 N–H and O–H groups in total. The molecule has 2 nitrogen and oxygen atoms in total. The molecule has 0 aliphatic heterocycles. The lowest BCUT2D eigenvalue weighted by molar-refractivity contribution is -0.116. The maximum Gasteiger partial charge on any atom is 0.252 e. The highest BCUT2D eigenvalue weighted by molar-refractivity contribution is 6.24. The third kappa shape index (κ3) is 4.73. The van der Waals surface area contributed by atoms with E-state index >= 15 is 0 Å². The van der Waals surface area contributed by atoms with Crippen LogP contribution in [0, 0.1) is 0 Å². The van der Waals surface area contributed by atoms with Crippen molar-refractivity contribution in [3.63, 3.8) is 0 Å². The van der Waals surface area contributed by atoms with E-state index < -0.39 is 0 Å². The van der Waals surface area contributed by atoms with Gasteiger partial charge in [0, 0.05) is 5.57 Å². The van der Waals surface area contributed by atoms with Crippen LogP contribution in [0.15, 0.2) is 121 Å². The second-order valence-corrected chi connectivity index (χ2v) is 7.06. The van der Waals surface area contributed by atoms with Crippen molar-refractivity contribution in [1.29, 1.82) is 0 Å². The zero-order chi connectivity index (χ0) is 20.6. The Kier molecular flexibility index (Phi) is 6.16. The van der Waals surface area contributed by atoms with Crippen molar-refractivity contribution in [2.45, 2.75) is 6.04 Å². The highest BCUT2D eigenvalue weighted by atomic mass is 16.1. The SMILES string of the molecule is O=C(NC(c1ccccc1)c1ccccc1)/C(=C\c1ccccc1)c1ccccc1. The average Bonchev–Trinajstić information content (AvgIpc) is 2.83. The average molecular weight is 389 g/mol. The molecule has 0 atom stereocenters. The summed E-state index contributed by atoms with van der Waals surface area (Å²) in [4.78, 5) is 13.5. The molecular formula is C28H23NO. The molecule has 0 bridgehead atoms. The fourth-order valence-electron chi connectivity index (χ4n) is 3.47. The molecule has 0 aromatic heterocycles. The van der Waals surface area contributed by atoms with Crippen LogP contribution in [-0.2, 0) is 4.79 Å². The molecule has 0 aliphatic carbocycles. The van der Waals surface area contributed by atoms with Crippen molar-refractivity contribution in [3.05, 3.63) is 144 Å². The molecule has 0 radical (unpaired) electrons. The Hall–Kier alpha value is -3.91. The van der Waals surface area contributed by atoms with Crippen LogP contribution in [0.1, 0.15) is 28.3 Å². The lowest BCUT2D eigenvalue weighted by Gasteiger charge is -2.21. The first-order valence-electron chi connectivity index (χ1n) is 10.0. The molecule has 0 heterocycles. The van der Waals surface area contributed by atoms with Crippen molar-refractivity contribution in [2.24, 2.45) is 0 Å². The summed E-state index contributed by atoms with van der Waals surface area (Å²) in [5.41, 5.74) is 4.60. The van der Waals surface area contributed by atoms with Crippen LogP contribution in [0.25, 0.3) is 11.6 Å². The first-order valence-corrected chi connectivity index (χ1v) is 10.0. The van der Waals surface area contributed by atoms with Crippen molar-refractivity contribution in [1.82, 2.24) is 5.32 Å². The fourth-order valence-corrected chi connectivity index (χ4v) is 3.47. The van der Waals surface area contributed by atoms with Gasteiger partial charge in [0.05, 0.1) is 6.04 Å². The Bertz CT molecular complexity index is 1060. The van der Waals surface area contributed by atoms with Crippen LogP contribution < -0.4 is 5.32 Å². The smallest absolute Gasteiger partial charge is 0.252 e. The Morgan fingerprint density at radius 1 is 0.600 bits per heavy atom. The van der Waals surface area contributed by atoms with Crippen LogP contribution in [0.2, 0.25) is 0 Å². The summed E-state index contributed by atoms with van der Waals surface area (Å²) < 4.78 is 0. The number of amides is 1. The van der Waals surface area contributed by atoms with Gasteiger partial charge in [-0.1, -0.05) is 121 Å². The van der Waals surface area contributed by atoms with Gasteiger partial charge in [-0.15, -0.1) is 0 Å². The minimum atomic E-state index is -0.234. The van der Waals surface area contributed by atoms with Crippen molar-refractivity contribution in [3.8, 4) is 0 Å². The van der Waals surface area contributed by atoms with E-state index in [1.807, 2.05) is 127 Å². The Morgan fingerprint density at radius 2 is 1.03 bits per heavy atom. The standard InChI is InChI=1S/C28H23NO/c30-28(26(23-15-7-2-8-16-23)21-22-13-5-1-6-14-22)29-27(24-17-9-3-10-18-24)25-19-11-4-12-20-25/h1-21,27H,(H,29,30)/b26-21-. The van der Waals surface area contributed by atoms with Gasteiger partial charge >= 0.3 is 0 Å². The number of carbonyl (C=O) groups is 1. The second-order valence-electron chi connectivity index (χ2n) is 7.06. The molecule has 0 saturated heterocycles. The molecule has 0 aliphatic rings. The molecule has 0 fully saturated rings. The summed E-state index contributed by atoms with van der Waals surface area (Å²) >= 11 is 0. The van der Waals surface area contributed by atoms with E-state index in [1.54, 1.807) is 0 Å². The molecule has 146 valence electrons. The summed E-state index contributed by atoms with van der Waals surface area (Å²) in [6.45, 7) is 0. The van der Waals surface area contributed by atoms with E-state index in [9.17, 15) is 4.79 Å². The number of hydrogen-bond donors (Lipinski definition) is 1. The van der Waals surface area contributed by atoms with Gasteiger partial charge in [-0.05, 0) is 28.3 Å². The van der Waals surface area contributed by atoms with E-state index in [0.29, 0.717) is 5.57 Å². The third-order valence-electron chi connectivity index (χ3n) is 4.98. The zero-order valence-electron chi connectivity index (χ0n) is 16.6. The summed E-state index contributed by atoms with van der Waals surface area (Å²) in [6.07, 6.45) is 1.94. The van der Waals surface area contributed by atoms with Gasteiger partial charge in [-0.2, -0.15) is 0 Å². The normalized spacial score (nSPS) is 11.3. The zero-order valence-corrected chi connectivity index (χ0v) is 16.6. The van der Waals surface area contributed by atoms with Crippen LogP contribution in [0.4, 0.5) is 0 Å². The van der Waals surface area contributed by atoms with E-state index in [4.69, 9.17) is 0 Å². The number of benzene rings is 4. The lowest BCUT2D eigenvalue weighted by atomic mass is 9.96. The molecule has 0 spiro atoms. The highest BCUT2D eigenvalue weighted by Gasteiger charge is 2.20. The molecule has 4 aromatic rings. The molecule has 30 heavy (non-hydrogen) atoms. The highest BCUT2D eigenvalue weighted by Crippen LogP contribution is 2.25. The van der Waals surface area contributed by atoms with Crippen molar-refractivity contribution < 1.29 is 4.79 Å². The third-order valence-corrected chi connectivity index (χ3v) is 4.98.